The van der Waals surface area contributed by atoms with Crippen molar-refractivity contribution >= 4 is 0 Å². The molecule has 0 aliphatic heterocycles. The topological polar surface area (TPSA) is 48.5 Å². The van der Waals surface area contributed by atoms with Gasteiger partial charge in [0, 0.05) is 6.42 Å². The van der Waals surface area contributed by atoms with Crippen molar-refractivity contribution in [2.75, 3.05) is 0 Å². The first-order valence-corrected chi connectivity index (χ1v) is 5.74. The Labute approximate surface area is 103 Å². The highest BCUT2D eigenvalue weighted by Gasteiger charge is 2.24. The van der Waals surface area contributed by atoms with Crippen LogP contribution >= 0.6 is 0 Å². The largest absolute Gasteiger partial charge is 0.196 e. The van der Waals surface area contributed by atoms with Gasteiger partial charge in [-0.25, -0.2) is 0 Å². The molecule has 0 fully saturated rings. The molecule has 1 atom stereocenters. The van der Waals surface area contributed by atoms with Crippen molar-refractivity contribution in [1.82, 2.24) is 0 Å². The Bertz CT molecular complexity index is 423. The molecule has 0 saturated carbocycles. The molecular weight excluding hydrogens is 210 g/mol. The molecule has 1 unspecified atom stereocenters. The second-order valence-electron chi connectivity index (χ2n) is 5.42. The van der Waals surface area contributed by atoms with Gasteiger partial charge in [-0.1, -0.05) is 30.3 Å². The average molecular weight is 229 g/mol. The number of nitrogens with zero attached hydrogens (tertiary/aromatic N) is 3. The van der Waals surface area contributed by atoms with E-state index in [0.29, 0.717) is 6.42 Å². The summed E-state index contributed by atoms with van der Waals surface area (Å²) in [5.74, 6) is 0. The van der Waals surface area contributed by atoms with E-state index in [1.807, 2.05) is 58.0 Å². The highest BCUT2D eigenvalue weighted by molar-refractivity contribution is 5.21. The molecule has 0 saturated heterocycles. The minimum atomic E-state index is -0.783. The zero-order chi connectivity index (χ0) is 12.9. The molecule has 1 aromatic carbocycles. The summed E-state index contributed by atoms with van der Waals surface area (Å²) in [6, 6.07) is 12.1. The van der Waals surface area contributed by atoms with Crippen LogP contribution in [0.2, 0.25) is 0 Å². The molecule has 0 aromatic heterocycles. The van der Waals surface area contributed by atoms with E-state index in [2.05, 4.69) is 16.3 Å². The Balaban J connectivity index is 2.84. The minimum Gasteiger partial charge on any atom is -0.196 e. The molecule has 90 valence electrons. The smallest absolute Gasteiger partial charge is 0.168 e. The molecule has 1 rings (SSSR count). The van der Waals surface area contributed by atoms with Crippen LogP contribution in [-0.4, -0.2) is 11.1 Å². The minimum absolute atomic E-state index is 0.241. The zero-order valence-corrected chi connectivity index (χ0v) is 10.9. The van der Waals surface area contributed by atoms with Crippen molar-refractivity contribution in [3.63, 3.8) is 0 Å². The molecular formula is C14H19N3. The fraction of sp³-hybridized carbons (Fsp3) is 0.500. The number of hydrogen-bond acceptors (Lipinski definition) is 3. The summed E-state index contributed by atoms with van der Waals surface area (Å²) in [6.07, 6.45) is 0.587. The molecule has 0 heterocycles. The molecule has 0 radical (unpaired) electrons. The first-order chi connectivity index (χ1) is 7.85. The van der Waals surface area contributed by atoms with E-state index in [4.69, 9.17) is 0 Å². The fourth-order valence-corrected chi connectivity index (χ4v) is 1.35. The van der Waals surface area contributed by atoms with Crippen molar-refractivity contribution < 1.29 is 0 Å². The lowest BCUT2D eigenvalue weighted by molar-refractivity contribution is 0.475. The van der Waals surface area contributed by atoms with Crippen LogP contribution in [0.1, 0.15) is 33.3 Å². The molecule has 0 spiro atoms. The molecule has 0 N–H and O–H groups in total. The molecule has 0 aliphatic carbocycles. The van der Waals surface area contributed by atoms with Crippen molar-refractivity contribution in [2.24, 2.45) is 10.2 Å². The lowest BCUT2D eigenvalue weighted by Crippen LogP contribution is -2.23. The Hall–Kier alpha value is -1.69. The predicted molar refractivity (Wildman–Crippen MR) is 68.8 cm³/mol. The molecule has 17 heavy (non-hydrogen) atoms. The van der Waals surface area contributed by atoms with Gasteiger partial charge in [0.25, 0.3) is 0 Å². The van der Waals surface area contributed by atoms with Crippen LogP contribution in [0, 0.1) is 11.3 Å². The number of azo groups is 1. The second-order valence-corrected chi connectivity index (χ2v) is 5.42. The molecule has 0 amide bonds. The van der Waals surface area contributed by atoms with Gasteiger partial charge < -0.3 is 0 Å². The third-order valence-corrected chi connectivity index (χ3v) is 2.20. The Kier molecular flexibility index (Phi) is 4.01. The number of hydrogen-bond donors (Lipinski definition) is 0. The highest BCUT2D eigenvalue weighted by atomic mass is 15.2. The predicted octanol–water partition coefficient (Wildman–Crippen LogP) is 3.76. The number of nitriles is 1. The molecule has 1 aromatic rings. The van der Waals surface area contributed by atoms with Crippen LogP contribution in [0.25, 0.3) is 0 Å². The summed E-state index contributed by atoms with van der Waals surface area (Å²) < 4.78 is 0. The van der Waals surface area contributed by atoms with Crippen LogP contribution in [0.3, 0.4) is 0 Å². The maximum Gasteiger partial charge on any atom is 0.168 e. The van der Waals surface area contributed by atoms with Crippen molar-refractivity contribution in [2.45, 2.75) is 45.2 Å². The quantitative estimate of drug-likeness (QED) is 0.728. The summed E-state index contributed by atoms with van der Waals surface area (Å²) in [5.41, 5.74) is 0.0769. The van der Waals surface area contributed by atoms with Gasteiger partial charge in [-0.2, -0.15) is 15.5 Å². The van der Waals surface area contributed by atoms with Crippen LogP contribution in [0.15, 0.2) is 40.6 Å². The summed E-state index contributed by atoms with van der Waals surface area (Å²) in [5, 5.41) is 17.6. The van der Waals surface area contributed by atoms with Gasteiger partial charge in [-0.15, -0.1) is 0 Å². The Morgan fingerprint density at radius 1 is 1.06 bits per heavy atom. The van der Waals surface area contributed by atoms with E-state index in [-0.39, 0.29) is 5.54 Å². The van der Waals surface area contributed by atoms with E-state index < -0.39 is 5.54 Å². The van der Waals surface area contributed by atoms with E-state index in [1.165, 1.54) is 0 Å². The third kappa shape index (κ3) is 4.78. The monoisotopic (exact) mass is 229 g/mol. The van der Waals surface area contributed by atoms with E-state index >= 15 is 0 Å². The average Bonchev–Trinajstić information content (AvgIpc) is 2.27. The van der Waals surface area contributed by atoms with Crippen molar-refractivity contribution in [3.05, 3.63) is 35.9 Å². The van der Waals surface area contributed by atoms with E-state index in [0.717, 1.165) is 5.56 Å². The normalized spacial score (nSPS) is 15.5. The second kappa shape index (κ2) is 5.09. The maximum atomic E-state index is 9.24. The van der Waals surface area contributed by atoms with Crippen molar-refractivity contribution in [1.29, 1.82) is 5.26 Å². The molecule has 3 nitrogen and oxygen atoms in total. The van der Waals surface area contributed by atoms with Gasteiger partial charge in [0.1, 0.15) is 0 Å². The van der Waals surface area contributed by atoms with Gasteiger partial charge in [-0.05, 0) is 33.3 Å². The fourth-order valence-electron chi connectivity index (χ4n) is 1.35. The van der Waals surface area contributed by atoms with Gasteiger partial charge >= 0.3 is 0 Å². The lowest BCUT2D eigenvalue weighted by Gasteiger charge is -2.18. The molecule has 3 heteroatoms. The highest BCUT2D eigenvalue weighted by Crippen LogP contribution is 2.19. The van der Waals surface area contributed by atoms with Gasteiger partial charge in [0.15, 0.2) is 5.54 Å². The van der Waals surface area contributed by atoms with Gasteiger partial charge in [0.05, 0.1) is 11.6 Å². The molecule has 0 aliphatic rings. The number of rotatable bonds is 3. The van der Waals surface area contributed by atoms with Crippen LogP contribution in [0.5, 0.6) is 0 Å². The van der Waals surface area contributed by atoms with Crippen LogP contribution < -0.4 is 0 Å². The first-order valence-electron chi connectivity index (χ1n) is 5.74. The molecule has 0 bridgehead atoms. The summed E-state index contributed by atoms with van der Waals surface area (Å²) in [4.78, 5) is 0. The third-order valence-electron chi connectivity index (χ3n) is 2.20. The summed E-state index contributed by atoms with van der Waals surface area (Å²) in [7, 11) is 0. The van der Waals surface area contributed by atoms with Crippen molar-refractivity contribution in [3.8, 4) is 6.07 Å². The lowest BCUT2D eigenvalue weighted by atomic mass is 9.95. The summed E-state index contributed by atoms with van der Waals surface area (Å²) in [6.45, 7) is 7.72. The van der Waals surface area contributed by atoms with Gasteiger partial charge in [0.2, 0.25) is 0 Å². The maximum absolute atomic E-state index is 9.24. The van der Waals surface area contributed by atoms with E-state index in [1.54, 1.807) is 0 Å². The summed E-state index contributed by atoms with van der Waals surface area (Å²) >= 11 is 0. The van der Waals surface area contributed by atoms with E-state index in [9.17, 15) is 5.26 Å². The van der Waals surface area contributed by atoms with Crippen LogP contribution in [-0.2, 0) is 6.42 Å². The Morgan fingerprint density at radius 2 is 1.65 bits per heavy atom. The number of benzene rings is 1. The Morgan fingerprint density at radius 3 is 2.12 bits per heavy atom. The van der Waals surface area contributed by atoms with Gasteiger partial charge in [-0.3, -0.25) is 0 Å². The standard InChI is InChI=1S/C14H19N3/c1-13(2,3)16-17-14(4,11-15)10-12-8-6-5-7-9-12/h5-9H,10H2,1-4H3/b17-16+. The van der Waals surface area contributed by atoms with Crippen LogP contribution in [0.4, 0.5) is 0 Å². The first kappa shape index (κ1) is 13.4. The zero-order valence-electron chi connectivity index (χ0n) is 10.9. The SMILES string of the molecule is CC(C)(C)/N=N/C(C)(C#N)Cc1ccccc1.